The van der Waals surface area contributed by atoms with Crippen LogP contribution in [0.4, 0.5) is 4.39 Å². The van der Waals surface area contributed by atoms with Gasteiger partial charge in [-0.05, 0) is 50.7 Å². The molecule has 0 radical (unpaired) electrons. The second kappa shape index (κ2) is 7.72. The predicted octanol–water partition coefficient (Wildman–Crippen LogP) is 3.09. The molecule has 22 heavy (non-hydrogen) atoms. The molecule has 1 aromatic carbocycles. The van der Waals surface area contributed by atoms with Crippen molar-refractivity contribution in [2.45, 2.75) is 25.4 Å². The second-order valence-corrected chi connectivity index (χ2v) is 5.51. The van der Waals surface area contributed by atoms with Gasteiger partial charge >= 0.3 is 0 Å². The monoisotopic (exact) mass is 325 g/mol. The SMILES string of the molecule is CNC1CCCN(Cc2coc(-c3ccc(F)cc3)n2)C1.Cl. The number of benzene rings is 1. The number of likely N-dealkylation sites (N-methyl/N-ethyl adjacent to an activating group) is 1. The number of hydrogen-bond acceptors (Lipinski definition) is 4. The Morgan fingerprint density at radius 1 is 1.36 bits per heavy atom. The number of aromatic nitrogens is 1. The van der Waals surface area contributed by atoms with Gasteiger partial charge in [-0.3, -0.25) is 4.90 Å². The summed E-state index contributed by atoms with van der Waals surface area (Å²) >= 11 is 0. The number of piperidine rings is 1. The molecule has 0 amide bonds. The standard InChI is InChI=1S/C16H20FN3O.ClH/c1-18-14-3-2-8-20(9-14)10-15-11-21-16(19-15)12-4-6-13(17)7-5-12;/h4-7,11,14,18H,2-3,8-10H2,1H3;1H. The van der Waals surface area contributed by atoms with E-state index in [0.717, 1.165) is 30.9 Å². The molecule has 1 aliphatic rings. The Morgan fingerprint density at radius 2 is 2.14 bits per heavy atom. The third-order valence-electron chi connectivity index (χ3n) is 3.94. The van der Waals surface area contributed by atoms with Gasteiger partial charge in [0.2, 0.25) is 5.89 Å². The molecule has 0 aliphatic carbocycles. The third kappa shape index (κ3) is 4.06. The molecule has 0 spiro atoms. The van der Waals surface area contributed by atoms with Crippen molar-refractivity contribution in [1.29, 1.82) is 0 Å². The summed E-state index contributed by atoms with van der Waals surface area (Å²) in [5, 5.41) is 3.33. The first kappa shape index (κ1) is 16.9. The maximum Gasteiger partial charge on any atom is 0.226 e. The van der Waals surface area contributed by atoms with Crippen molar-refractivity contribution in [3.8, 4) is 11.5 Å². The maximum atomic E-state index is 12.9. The minimum Gasteiger partial charge on any atom is -0.444 e. The molecular formula is C16H21ClFN3O. The zero-order chi connectivity index (χ0) is 14.7. The fourth-order valence-corrected chi connectivity index (χ4v) is 2.77. The molecule has 1 N–H and O–H groups in total. The molecule has 1 saturated heterocycles. The molecule has 0 saturated carbocycles. The summed E-state index contributed by atoms with van der Waals surface area (Å²) in [7, 11) is 2.01. The summed E-state index contributed by atoms with van der Waals surface area (Å²) in [4.78, 5) is 6.89. The quantitative estimate of drug-likeness (QED) is 0.938. The van der Waals surface area contributed by atoms with Crippen molar-refractivity contribution in [3.63, 3.8) is 0 Å². The topological polar surface area (TPSA) is 41.3 Å². The summed E-state index contributed by atoms with van der Waals surface area (Å²) in [6, 6.07) is 6.76. The lowest BCUT2D eigenvalue weighted by atomic mass is 10.1. The van der Waals surface area contributed by atoms with E-state index >= 15 is 0 Å². The van der Waals surface area contributed by atoms with Gasteiger partial charge in [0.25, 0.3) is 0 Å². The first-order valence-electron chi connectivity index (χ1n) is 7.34. The highest BCUT2D eigenvalue weighted by atomic mass is 35.5. The number of rotatable bonds is 4. The van der Waals surface area contributed by atoms with Crippen LogP contribution >= 0.6 is 12.4 Å². The van der Waals surface area contributed by atoms with Gasteiger partial charge in [0.15, 0.2) is 0 Å². The molecule has 2 aromatic rings. The van der Waals surface area contributed by atoms with E-state index in [1.54, 1.807) is 18.4 Å². The van der Waals surface area contributed by atoms with Gasteiger partial charge in [-0.25, -0.2) is 9.37 Å². The summed E-state index contributed by atoms with van der Waals surface area (Å²) in [5.74, 6) is 0.295. The van der Waals surface area contributed by atoms with Crippen LogP contribution in [-0.2, 0) is 6.54 Å². The Balaban J connectivity index is 0.00000176. The average Bonchev–Trinajstić information content (AvgIpc) is 2.96. The van der Waals surface area contributed by atoms with Crippen LogP contribution in [0.2, 0.25) is 0 Å². The first-order chi connectivity index (χ1) is 10.2. The minimum atomic E-state index is -0.253. The van der Waals surface area contributed by atoms with Crippen molar-refractivity contribution >= 4 is 12.4 Å². The lowest BCUT2D eigenvalue weighted by Gasteiger charge is -2.31. The van der Waals surface area contributed by atoms with Crippen LogP contribution in [0.15, 0.2) is 34.9 Å². The Hall–Kier alpha value is -1.43. The molecule has 6 heteroatoms. The van der Waals surface area contributed by atoms with Gasteiger partial charge in [0.05, 0.1) is 5.69 Å². The van der Waals surface area contributed by atoms with E-state index < -0.39 is 0 Å². The first-order valence-corrected chi connectivity index (χ1v) is 7.34. The summed E-state index contributed by atoms with van der Waals surface area (Å²) < 4.78 is 18.4. The molecular weight excluding hydrogens is 305 g/mol. The van der Waals surface area contributed by atoms with Crippen LogP contribution in [0.25, 0.3) is 11.5 Å². The molecule has 3 rings (SSSR count). The van der Waals surface area contributed by atoms with Crippen molar-refractivity contribution < 1.29 is 8.81 Å². The van der Waals surface area contributed by atoms with Gasteiger partial charge in [0, 0.05) is 24.7 Å². The largest absolute Gasteiger partial charge is 0.444 e. The van der Waals surface area contributed by atoms with E-state index in [9.17, 15) is 4.39 Å². The molecule has 0 bridgehead atoms. The van der Waals surface area contributed by atoms with Crippen molar-refractivity contribution in [2.75, 3.05) is 20.1 Å². The van der Waals surface area contributed by atoms with E-state index in [2.05, 4.69) is 15.2 Å². The Kier molecular flexibility index (Phi) is 5.94. The van der Waals surface area contributed by atoms with E-state index in [4.69, 9.17) is 4.42 Å². The maximum absolute atomic E-state index is 12.9. The van der Waals surface area contributed by atoms with Crippen LogP contribution in [-0.4, -0.2) is 36.1 Å². The molecule has 1 aromatic heterocycles. The Labute approximate surface area is 136 Å². The smallest absolute Gasteiger partial charge is 0.226 e. The van der Waals surface area contributed by atoms with Crippen LogP contribution in [0.5, 0.6) is 0 Å². The summed E-state index contributed by atoms with van der Waals surface area (Å²) in [5.41, 5.74) is 1.72. The third-order valence-corrected chi connectivity index (χ3v) is 3.94. The van der Waals surface area contributed by atoms with Gasteiger partial charge in [0.1, 0.15) is 12.1 Å². The normalized spacial score (nSPS) is 18.9. The fourth-order valence-electron chi connectivity index (χ4n) is 2.77. The molecule has 1 aliphatic heterocycles. The van der Waals surface area contributed by atoms with E-state index in [1.165, 1.54) is 25.0 Å². The van der Waals surface area contributed by atoms with E-state index in [-0.39, 0.29) is 18.2 Å². The number of oxazole rings is 1. The highest BCUT2D eigenvalue weighted by molar-refractivity contribution is 5.85. The Morgan fingerprint density at radius 3 is 2.86 bits per heavy atom. The second-order valence-electron chi connectivity index (χ2n) is 5.51. The average molecular weight is 326 g/mol. The van der Waals surface area contributed by atoms with E-state index in [1.807, 2.05) is 7.05 Å². The van der Waals surface area contributed by atoms with Crippen molar-refractivity contribution in [3.05, 3.63) is 42.0 Å². The lowest BCUT2D eigenvalue weighted by Crippen LogP contribution is -2.43. The molecule has 1 atom stereocenters. The van der Waals surface area contributed by atoms with Gasteiger partial charge in [-0.15, -0.1) is 12.4 Å². The van der Waals surface area contributed by atoms with Crippen LogP contribution in [0, 0.1) is 5.82 Å². The molecule has 1 fully saturated rings. The zero-order valence-corrected chi connectivity index (χ0v) is 13.4. The van der Waals surface area contributed by atoms with Gasteiger partial charge in [-0.1, -0.05) is 0 Å². The van der Waals surface area contributed by atoms with Crippen molar-refractivity contribution in [2.24, 2.45) is 0 Å². The van der Waals surface area contributed by atoms with Crippen LogP contribution < -0.4 is 5.32 Å². The zero-order valence-electron chi connectivity index (χ0n) is 12.6. The van der Waals surface area contributed by atoms with Gasteiger partial charge < -0.3 is 9.73 Å². The molecule has 120 valence electrons. The highest BCUT2D eigenvalue weighted by Gasteiger charge is 2.19. The minimum absolute atomic E-state index is 0. The highest BCUT2D eigenvalue weighted by Crippen LogP contribution is 2.20. The van der Waals surface area contributed by atoms with Crippen LogP contribution in [0.3, 0.4) is 0 Å². The summed E-state index contributed by atoms with van der Waals surface area (Å²) in [6.45, 7) is 2.93. The Bertz CT molecular complexity index is 587. The molecule has 1 unspecified atom stereocenters. The fraction of sp³-hybridized carbons (Fsp3) is 0.438. The predicted molar refractivity (Wildman–Crippen MR) is 86.5 cm³/mol. The lowest BCUT2D eigenvalue weighted by molar-refractivity contribution is 0.186. The number of halogens is 2. The molecule has 2 heterocycles. The number of nitrogens with one attached hydrogen (secondary N) is 1. The summed E-state index contributed by atoms with van der Waals surface area (Å²) in [6.07, 6.45) is 4.13. The number of likely N-dealkylation sites (tertiary alicyclic amines) is 1. The van der Waals surface area contributed by atoms with Gasteiger partial charge in [-0.2, -0.15) is 0 Å². The number of hydrogen-bond donors (Lipinski definition) is 1. The molecule has 4 nitrogen and oxygen atoms in total. The van der Waals surface area contributed by atoms with Crippen LogP contribution in [0.1, 0.15) is 18.5 Å². The number of nitrogens with zero attached hydrogens (tertiary/aromatic N) is 2. The van der Waals surface area contributed by atoms with E-state index in [0.29, 0.717) is 11.9 Å². The van der Waals surface area contributed by atoms with Crippen molar-refractivity contribution in [1.82, 2.24) is 15.2 Å².